The van der Waals surface area contributed by atoms with Gasteiger partial charge in [-0.05, 0) is 24.3 Å². The predicted molar refractivity (Wildman–Crippen MR) is 58.8 cm³/mol. The van der Waals surface area contributed by atoms with E-state index >= 15 is 0 Å². The number of H-pyrrole nitrogens is 1. The number of pyridine rings is 1. The minimum atomic E-state index is -0.206. The summed E-state index contributed by atoms with van der Waals surface area (Å²) in [5.41, 5.74) is 0.598. The number of halogens is 1. The van der Waals surface area contributed by atoms with Crippen molar-refractivity contribution in [3.8, 4) is 5.75 Å². The lowest BCUT2D eigenvalue weighted by molar-refractivity contribution is 0.409. The van der Waals surface area contributed by atoms with Gasteiger partial charge in [0.15, 0.2) is 5.75 Å². The molecular formula is C10H8BrNO2. The number of hydrogen-bond donors (Lipinski definition) is 1. The van der Waals surface area contributed by atoms with Crippen LogP contribution in [0.1, 0.15) is 0 Å². The smallest absolute Gasteiger partial charge is 0.290 e. The first-order valence-corrected chi connectivity index (χ1v) is 4.86. The number of hydrogen-bond acceptors (Lipinski definition) is 2. The quantitative estimate of drug-likeness (QED) is 0.848. The minimum Gasteiger partial charge on any atom is -0.491 e. The number of methoxy groups -OCH3 is 1. The molecule has 0 unspecified atom stereocenters. The molecule has 1 heterocycles. The first kappa shape index (κ1) is 9.27. The van der Waals surface area contributed by atoms with Crippen molar-refractivity contribution in [2.24, 2.45) is 0 Å². The largest absolute Gasteiger partial charge is 0.491 e. The van der Waals surface area contributed by atoms with E-state index in [1.54, 1.807) is 6.07 Å². The van der Waals surface area contributed by atoms with Crippen LogP contribution in [0.15, 0.2) is 33.5 Å². The fourth-order valence-corrected chi connectivity index (χ4v) is 1.69. The average Bonchev–Trinajstić information content (AvgIpc) is 2.17. The molecule has 0 spiro atoms. The summed E-state index contributed by atoms with van der Waals surface area (Å²) in [4.78, 5) is 14.1. The van der Waals surface area contributed by atoms with E-state index in [1.165, 1.54) is 7.11 Å². The molecule has 0 atom stereocenters. The normalized spacial score (nSPS) is 10.4. The van der Waals surface area contributed by atoms with Gasteiger partial charge in [0.25, 0.3) is 5.56 Å². The third kappa shape index (κ3) is 1.53. The number of fused-ring (bicyclic) bond motifs is 1. The molecule has 0 amide bonds. The second-order valence-corrected chi connectivity index (χ2v) is 3.81. The maximum Gasteiger partial charge on any atom is 0.290 e. The molecule has 4 heteroatoms. The van der Waals surface area contributed by atoms with Crippen molar-refractivity contribution in [3.05, 3.63) is 39.1 Å². The SMILES string of the molecule is COc1cc2cc(Br)ccc2[nH]c1=O. The highest BCUT2D eigenvalue weighted by Gasteiger charge is 2.02. The summed E-state index contributed by atoms with van der Waals surface area (Å²) in [6.07, 6.45) is 0. The predicted octanol–water partition coefficient (Wildman–Crippen LogP) is 2.30. The van der Waals surface area contributed by atoms with Crippen LogP contribution in [-0.4, -0.2) is 12.1 Å². The Morgan fingerprint density at radius 3 is 2.86 bits per heavy atom. The van der Waals surface area contributed by atoms with Gasteiger partial charge in [-0.2, -0.15) is 0 Å². The summed E-state index contributed by atoms with van der Waals surface area (Å²) < 4.78 is 5.91. The Balaban J connectivity index is 2.80. The molecule has 3 nitrogen and oxygen atoms in total. The molecule has 1 aromatic carbocycles. The van der Waals surface area contributed by atoms with Crippen LogP contribution in [0.5, 0.6) is 5.75 Å². The summed E-state index contributed by atoms with van der Waals surface area (Å²) in [5, 5.41) is 0.941. The van der Waals surface area contributed by atoms with Crippen LogP contribution in [-0.2, 0) is 0 Å². The van der Waals surface area contributed by atoms with Crippen LogP contribution < -0.4 is 10.3 Å². The van der Waals surface area contributed by atoms with Crippen molar-refractivity contribution in [1.82, 2.24) is 4.98 Å². The van der Waals surface area contributed by atoms with Crippen molar-refractivity contribution in [1.29, 1.82) is 0 Å². The molecule has 14 heavy (non-hydrogen) atoms. The molecule has 2 aromatic rings. The van der Waals surface area contributed by atoms with Gasteiger partial charge in [0.2, 0.25) is 0 Å². The molecule has 1 aromatic heterocycles. The molecule has 72 valence electrons. The summed E-state index contributed by atoms with van der Waals surface area (Å²) in [6.45, 7) is 0. The van der Waals surface area contributed by atoms with Crippen LogP contribution in [0.25, 0.3) is 10.9 Å². The highest BCUT2D eigenvalue weighted by molar-refractivity contribution is 9.10. The van der Waals surface area contributed by atoms with Crippen molar-refractivity contribution in [3.63, 3.8) is 0 Å². The summed E-state index contributed by atoms with van der Waals surface area (Å²) in [7, 11) is 1.48. The second kappa shape index (κ2) is 3.46. The second-order valence-electron chi connectivity index (χ2n) is 2.90. The molecule has 0 aliphatic rings. The Morgan fingerprint density at radius 1 is 1.36 bits per heavy atom. The van der Waals surface area contributed by atoms with E-state index in [0.717, 1.165) is 15.4 Å². The Labute approximate surface area is 88.8 Å². The standard InChI is InChI=1S/C10H8BrNO2/c1-14-9-5-6-4-7(11)2-3-8(6)12-10(9)13/h2-5H,1H3,(H,12,13). The molecule has 0 aliphatic heterocycles. The van der Waals surface area contributed by atoms with Crippen LogP contribution in [0.2, 0.25) is 0 Å². The van der Waals surface area contributed by atoms with Crippen molar-refractivity contribution < 1.29 is 4.74 Å². The summed E-state index contributed by atoms with van der Waals surface area (Å²) in [6, 6.07) is 7.37. The summed E-state index contributed by atoms with van der Waals surface area (Å²) in [5.74, 6) is 0.329. The number of nitrogens with one attached hydrogen (secondary N) is 1. The number of benzene rings is 1. The molecule has 0 saturated heterocycles. The van der Waals surface area contributed by atoms with Gasteiger partial charge in [-0.25, -0.2) is 0 Å². The van der Waals surface area contributed by atoms with E-state index in [0.29, 0.717) is 5.75 Å². The zero-order valence-corrected chi connectivity index (χ0v) is 9.09. The molecule has 2 rings (SSSR count). The maximum atomic E-state index is 11.4. The van der Waals surface area contributed by atoms with Gasteiger partial charge in [-0.15, -0.1) is 0 Å². The minimum absolute atomic E-state index is 0.206. The third-order valence-corrected chi connectivity index (χ3v) is 2.49. The molecule has 0 fully saturated rings. The first-order chi connectivity index (χ1) is 6.70. The van der Waals surface area contributed by atoms with E-state index < -0.39 is 0 Å². The zero-order chi connectivity index (χ0) is 10.1. The van der Waals surface area contributed by atoms with E-state index in [4.69, 9.17) is 4.74 Å². The Hall–Kier alpha value is -1.29. The molecular weight excluding hydrogens is 246 g/mol. The molecule has 0 aliphatic carbocycles. The van der Waals surface area contributed by atoms with Crippen molar-refractivity contribution >= 4 is 26.8 Å². The Kier molecular flexibility index (Phi) is 2.29. The van der Waals surface area contributed by atoms with Crippen LogP contribution in [0.4, 0.5) is 0 Å². The van der Waals surface area contributed by atoms with Crippen LogP contribution >= 0.6 is 15.9 Å². The van der Waals surface area contributed by atoms with Crippen LogP contribution in [0.3, 0.4) is 0 Å². The van der Waals surface area contributed by atoms with Gasteiger partial charge in [0, 0.05) is 15.4 Å². The fraction of sp³-hybridized carbons (Fsp3) is 0.100. The Bertz CT molecular complexity index is 533. The lowest BCUT2D eigenvalue weighted by Crippen LogP contribution is -2.08. The maximum absolute atomic E-state index is 11.4. The van der Waals surface area contributed by atoms with E-state index in [2.05, 4.69) is 20.9 Å². The van der Waals surface area contributed by atoms with E-state index in [1.807, 2.05) is 18.2 Å². The lowest BCUT2D eigenvalue weighted by Gasteiger charge is -2.01. The van der Waals surface area contributed by atoms with E-state index in [-0.39, 0.29) is 5.56 Å². The third-order valence-electron chi connectivity index (χ3n) is 1.99. The fourth-order valence-electron chi connectivity index (χ4n) is 1.31. The van der Waals surface area contributed by atoms with Crippen LogP contribution in [0, 0.1) is 0 Å². The lowest BCUT2D eigenvalue weighted by atomic mass is 10.2. The molecule has 1 N–H and O–H groups in total. The number of ether oxygens (including phenoxy) is 1. The van der Waals surface area contributed by atoms with E-state index in [9.17, 15) is 4.79 Å². The van der Waals surface area contributed by atoms with Crippen molar-refractivity contribution in [2.75, 3.05) is 7.11 Å². The average molecular weight is 254 g/mol. The van der Waals surface area contributed by atoms with Gasteiger partial charge in [-0.1, -0.05) is 15.9 Å². The Morgan fingerprint density at radius 2 is 2.14 bits per heavy atom. The van der Waals surface area contributed by atoms with Gasteiger partial charge in [-0.3, -0.25) is 4.79 Å². The molecule has 0 saturated carbocycles. The van der Waals surface area contributed by atoms with Crippen molar-refractivity contribution in [2.45, 2.75) is 0 Å². The highest BCUT2D eigenvalue weighted by Crippen LogP contribution is 2.19. The zero-order valence-electron chi connectivity index (χ0n) is 7.50. The van der Waals surface area contributed by atoms with Gasteiger partial charge in [0.05, 0.1) is 7.11 Å². The van der Waals surface area contributed by atoms with Gasteiger partial charge in [0.1, 0.15) is 0 Å². The number of aromatic amines is 1. The summed E-state index contributed by atoms with van der Waals surface area (Å²) >= 11 is 3.36. The molecule has 0 bridgehead atoms. The highest BCUT2D eigenvalue weighted by atomic mass is 79.9. The van der Waals surface area contributed by atoms with Gasteiger partial charge >= 0.3 is 0 Å². The number of aromatic nitrogens is 1. The topological polar surface area (TPSA) is 42.1 Å². The monoisotopic (exact) mass is 253 g/mol. The number of rotatable bonds is 1. The van der Waals surface area contributed by atoms with Gasteiger partial charge < -0.3 is 9.72 Å². The molecule has 0 radical (unpaired) electrons. The first-order valence-electron chi connectivity index (χ1n) is 4.07.